The average molecular weight is 449 g/mol. The number of amides is 1. The maximum Gasteiger partial charge on any atom is 0.349 e. The summed E-state index contributed by atoms with van der Waals surface area (Å²) in [5.74, 6) is -0.685. The number of para-hydroxylation sites is 1. The van der Waals surface area contributed by atoms with Crippen molar-refractivity contribution < 1.29 is 13.9 Å². The van der Waals surface area contributed by atoms with E-state index >= 15 is 0 Å². The molecule has 0 aliphatic carbocycles. The Balaban J connectivity index is 1.67. The summed E-state index contributed by atoms with van der Waals surface area (Å²) in [6.07, 6.45) is -0.989. The third kappa shape index (κ3) is 5.59. The van der Waals surface area contributed by atoms with Crippen LogP contribution in [0, 0.1) is 0 Å². The van der Waals surface area contributed by atoms with Crippen LogP contribution in [0.1, 0.15) is 10.4 Å². The molecule has 1 unspecified atom stereocenters. The molecule has 2 heterocycles. The van der Waals surface area contributed by atoms with Gasteiger partial charge in [-0.1, -0.05) is 53.0 Å². The number of hydrogen-bond acceptors (Lipinski definition) is 6. The molecule has 1 aliphatic heterocycles. The van der Waals surface area contributed by atoms with Gasteiger partial charge in [0.2, 0.25) is 3.79 Å². The molecule has 7 nitrogen and oxygen atoms in total. The van der Waals surface area contributed by atoms with Crippen LogP contribution in [0.15, 0.2) is 39.5 Å². The number of morpholine rings is 1. The van der Waals surface area contributed by atoms with E-state index < -0.39 is 21.5 Å². The molecule has 1 aliphatic rings. The second-order valence-corrected chi connectivity index (χ2v) is 8.71. The Morgan fingerprint density at radius 2 is 1.93 bits per heavy atom. The first-order valence-corrected chi connectivity index (χ1v) is 9.92. The predicted octanol–water partition coefficient (Wildman–Crippen LogP) is 2.14. The molecule has 0 bridgehead atoms. The molecule has 1 aromatic heterocycles. The summed E-state index contributed by atoms with van der Waals surface area (Å²) in [4.78, 5) is 27.0. The minimum absolute atomic E-state index is 0.159. The van der Waals surface area contributed by atoms with E-state index in [4.69, 9.17) is 44.0 Å². The molecule has 1 saturated heterocycles. The Bertz CT molecular complexity index is 878. The average Bonchev–Trinajstić information content (AvgIpc) is 2.66. The number of rotatable bonds is 6. The molecule has 2 N–H and O–H groups in total. The van der Waals surface area contributed by atoms with Gasteiger partial charge in [0.1, 0.15) is 17.3 Å². The Kier molecular flexibility index (Phi) is 7.20. The van der Waals surface area contributed by atoms with E-state index in [1.807, 2.05) is 0 Å². The van der Waals surface area contributed by atoms with Crippen LogP contribution in [-0.4, -0.2) is 60.2 Å². The molecule has 1 aromatic carbocycles. The number of nitrogens with one attached hydrogen (secondary N) is 2. The summed E-state index contributed by atoms with van der Waals surface area (Å²) in [7, 11) is 0. The first-order chi connectivity index (χ1) is 13.3. The summed E-state index contributed by atoms with van der Waals surface area (Å²) in [5, 5.41) is 6.21. The topological polar surface area (TPSA) is 83.8 Å². The number of ether oxygens (including phenoxy) is 1. The summed E-state index contributed by atoms with van der Waals surface area (Å²) in [6.45, 7) is 4.19. The molecule has 1 atom stereocenters. The first-order valence-electron chi connectivity index (χ1n) is 8.78. The third-order valence-electron chi connectivity index (χ3n) is 4.37. The Morgan fingerprint density at radius 3 is 2.64 bits per heavy atom. The van der Waals surface area contributed by atoms with Crippen molar-refractivity contribution in [1.29, 1.82) is 0 Å². The second-order valence-electron chi connectivity index (χ2n) is 6.34. The predicted molar refractivity (Wildman–Crippen MR) is 109 cm³/mol. The minimum atomic E-state index is -1.81. The molecule has 3 rings (SSSR count). The Labute approximate surface area is 176 Å². The largest absolute Gasteiger partial charge is 0.422 e. The van der Waals surface area contributed by atoms with Crippen LogP contribution >= 0.6 is 34.8 Å². The standard InChI is InChI=1S/C18H20Cl3N3O4/c19-18(20,21)17(22-5-6-24-7-9-27-10-8-24)23-15(25)13-11-12-3-1-2-4-14(12)28-16(13)26/h1-4,11,17,22H,5-10H2,(H,23,25). The van der Waals surface area contributed by atoms with Crippen molar-refractivity contribution in [2.45, 2.75) is 9.96 Å². The summed E-state index contributed by atoms with van der Waals surface area (Å²) in [5.41, 5.74) is -0.522. The van der Waals surface area contributed by atoms with Crippen LogP contribution < -0.4 is 16.3 Å². The van der Waals surface area contributed by atoms with Gasteiger partial charge in [-0.25, -0.2) is 4.79 Å². The zero-order chi connectivity index (χ0) is 20.1. The lowest BCUT2D eigenvalue weighted by molar-refractivity contribution is 0.0380. The van der Waals surface area contributed by atoms with E-state index in [-0.39, 0.29) is 5.56 Å². The van der Waals surface area contributed by atoms with Crippen molar-refractivity contribution >= 4 is 51.7 Å². The second kappa shape index (κ2) is 9.43. The van der Waals surface area contributed by atoms with Crippen molar-refractivity contribution in [3.63, 3.8) is 0 Å². The zero-order valence-corrected chi connectivity index (χ0v) is 17.2. The normalized spacial score (nSPS) is 16.8. The van der Waals surface area contributed by atoms with Gasteiger partial charge >= 0.3 is 5.63 Å². The lowest BCUT2D eigenvalue weighted by Crippen LogP contribution is -2.55. The van der Waals surface area contributed by atoms with Crippen molar-refractivity contribution in [3.05, 3.63) is 46.3 Å². The molecule has 28 heavy (non-hydrogen) atoms. The van der Waals surface area contributed by atoms with Gasteiger partial charge in [-0.05, 0) is 12.1 Å². The van der Waals surface area contributed by atoms with Gasteiger partial charge in [-0.2, -0.15) is 0 Å². The van der Waals surface area contributed by atoms with Crippen LogP contribution in [0.5, 0.6) is 0 Å². The number of alkyl halides is 3. The number of carbonyl (C=O) groups is 1. The van der Waals surface area contributed by atoms with E-state index in [0.29, 0.717) is 37.3 Å². The number of fused-ring (bicyclic) bond motifs is 1. The minimum Gasteiger partial charge on any atom is -0.422 e. The maximum absolute atomic E-state index is 12.6. The van der Waals surface area contributed by atoms with Crippen molar-refractivity contribution in [3.8, 4) is 0 Å². The van der Waals surface area contributed by atoms with Crippen molar-refractivity contribution in [2.75, 3.05) is 39.4 Å². The Hall–Kier alpha value is -1.35. The monoisotopic (exact) mass is 447 g/mol. The quantitative estimate of drug-likeness (QED) is 0.400. The molecule has 2 aromatic rings. The van der Waals surface area contributed by atoms with Gasteiger partial charge in [0.25, 0.3) is 5.91 Å². The van der Waals surface area contributed by atoms with Gasteiger partial charge in [-0.15, -0.1) is 0 Å². The van der Waals surface area contributed by atoms with E-state index in [9.17, 15) is 9.59 Å². The fourth-order valence-electron chi connectivity index (χ4n) is 2.87. The van der Waals surface area contributed by atoms with Crippen molar-refractivity contribution in [2.24, 2.45) is 0 Å². The number of carbonyl (C=O) groups excluding carboxylic acids is 1. The van der Waals surface area contributed by atoms with Crippen molar-refractivity contribution in [1.82, 2.24) is 15.5 Å². The fourth-order valence-corrected chi connectivity index (χ4v) is 3.26. The summed E-state index contributed by atoms with van der Waals surface area (Å²) < 4.78 is 8.68. The number of nitrogens with zero attached hydrogens (tertiary/aromatic N) is 1. The third-order valence-corrected chi connectivity index (χ3v) is 5.02. The maximum atomic E-state index is 12.6. The molecule has 1 fully saturated rings. The van der Waals surface area contributed by atoms with Gasteiger partial charge in [0, 0.05) is 31.6 Å². The lowest BCUT2D eigenvalue weighted by atomic mass is 10.2. The summed E-state index contributed by atoms with van der Waals surface area (Å²) in [6, 6.07) is 8.36. The molecular formula is C18H20Cl3N3O4. The van der Waals surface area contributed by atoms with Gasteiger partial charge < -0.3 is 14.5 Å². The van der Waals surface area contributed by atoms with Gasteiger partial charge in [0.15, 0.2) is 0 Å². The van der Waals surface area contributed by atoms with Crippen LogP contribution in [0.4, 0.5) is 0 Å². The number of halogens is 3. The van der Waals surface area contributed by atoms with Crippen LogP contribution in [0.25, 0.3) is 11.0 Å². The van der Waals surface area contributed by atoms with Gasteiger partial charge in [0.05, 0.1) is 13.2 Å². The SMILES string of the molecule is O=C(NC(NCCN1CCOCC1)C(Cl)(Cl)Cl)c1cc2ccccc2oc1=O. The fraction of sp³-hybridized carbons (Fsp3) is 0.444. The number of hydrogen-bond donors (Lipinski definition) is 2. The highest BCUT2D eigenvalue weighted by Gasteiger charge is 2.34. The zero-order valence-electron chi connectivity index (χ0n) is 14.9. The highest BCUT2D eigenvalue weighted by Crippen LogP contribution is 2.29. The lowest BCUT2D eigenvalue weighted by Gasteiger charge is -2.30. The first kappa shape index (κ1) is 21.4. The number of benzene rings is 1. The van der Waals surface area contributed by atoms with E-state index in [1.54, 1.807) is 24.3 Å². The van der Waals surface area contributed by atoms with Crippen LogP contribution in [-0.2, 0) is 4.74 Å². The van der Waals surface area contributed by atoms with E-state index in [0.717, 1.165) is 13.1 Å². The smallest absolute Gasteiger partial charge is 0.349 e. The van der Waals surface area contributed by atoms with Crippen LogP contribution in [0.2, 0.25) is 0 Å². The molecular weight excluding hydrogens is 429 g/mol. The molecule has 0 radical (unpaired) electrons. The molecule has 0 spiro atoms. The van der Waals surface area contributed by atoms with Gasteiger partial charge in [-0.3, -0.25) is 15.0 Å². The van der Waals surface area contributed by atoms with Crippen LogP contribution in [0.3, 0.4) is 0 Å². The highest BCUT2D eigenvalue weighted by atomic mass is 35.6. The molecule has 0 saturated carbocycles. The molecule has 152 valence electrons. The van der Waals surface area contributed by atoms with E-state index in [2.05, 4.69) is 15.5 Å². The summed E-state index contributed by atoms with van der Waals surface area (Å²) >= 11 is 18.0. The Morgan fingerprint density at radius 1 is 1.21 bits per heavy atom. The molecule has 10 heteroatoms. The highest BCUT2D eigenvalue weighted by molar-refractivity contribution is 6.68. The van der Waals surface area contributed by atoms with E-state index in [1.165, 1.54) is 6.07 Å². The molecule has 1 amide bonds.